The lowest BCUT2D eigenvalue weighted by molar-refractivity contribution is -0.117. The molecule has 0 saturated carbocycles. The molecule has 5 nitrogen and oxygen atoms in total. The third kappa shape index (κ3) is 1.79. The highest BCUT2D eigenvalue weighted by Crippen LogP contribution is 2.29. The monoisotopic (exact) mass is 206 g/mol. The molecule has 1 aromatic rings. The molecule has 1 aliphatic rings. The topological polar surface area (TPSA) is 70.4 Å². The normalized spacial score (nSPS) is 14.3. The number of hydrogen-bond acceptors (Lipinski definition) is 4. The Bertz CT molecular complexity index is 391. The number of benzene rings is 1. The van der Waals surface area contributed by atoms with Gasteiger partial charge in [-0.2, -0.15) is 0 Å². The van der Waals surface area contributed by atoms with Crippen LogP contribution >= 0.6 is 0 Å². The molecule has 1 aromatic carbocycles. The van der Waals surface area contributed by atoms with Crippen molar-refractivity contribution in [3.63, 3.8) is 0 Å². The Kier molecular flexibility index (Phi) is 2.57. The first-order valence-electron chi connectivity index (χ1n) is 4.79. The number of fused-ring (bicyclic) bond motifs is 1. The number of nitrogens with two attached hydrogens (primary N) is 1. The van der Waals surface area contributed by atoms with Gasteiger partial charge >= 0.3 is 0 Å². The summed E-state index contributed by atoms with van der Waals surface area (Å²) in [6, 6.07) is 5.86. The lowest BCUT2D eigenvalue weighted by Gasteiger charge is -2.11. The fourth-order valence-electron chi connectivity index (χ4n) is 1.73. The maximum absolute atomic E-state index is 11.4. The van der Waals surface area contributed by atoms with Crippen LogP contribution in [0.5, 0.6) is 0 Å². The molecule has 80 valence electrons. The first-order chi connectivity index (χ1) is 7.22. The molecule has 4 N–H and O–H groups in total. The van der Waals surface area contributed by atoms with E-state index >= 15 is 0 Å². The van der Waals surface area contributed by atoms with Crippen molar-refractivity contribution in [2.45, 2.75) is 6.42 Å². The van der Waals surface area contributed by atoms with Gasteiger partial charge in [0.25, 0.3) is 0 Å². The quantitative estimate of drug-likeness (QED) is 0.371. The Balaban J connectivity index is 2.22. The molecule has 0 radical (unpaired) electrons. The van der Waals surface area contributed by atoms with Crippen LogP contribution in [-0.4, -0.2) is 19.6 Å². The lowest BCUT2D eigenvalue weighted by Crippen LogP contribution is -2.28. The predicted molar refractivity (Wildman–Crippen MR) is 59.4 cm³/mol. The van der Waals surface area contributed by atoms with Gasteiger partial charge in [-0.15, -0.1) is 0 Å². The third-order valence-electron chi connectivity index (χ3n) is 2.55. The van der Waals surface area contributed by atoms with Gasteiger partial charge in [-0.25, -0.2) is 5.43 Å². The summed E-state index contributed by atoms with van der Waals surface area (Å²) in [7, 11) is 1.79. The molecule has 0 fully saturated rings. The molecular weight excluding hydrogens is 192 g/mol. The molecule has 0 saturated heterocycles. The van der Waals surface area contributed by atoms with E-state index in [2.05, 4.69) is 10.7 Å². The molecule has 1 aliphatic heterocycles. The predicted octanol–water partition coefficient (Wildman–Crippen LogP) is 0.0382. The van der Waals surface area contributed by atoms with Crippen LogP contribution in [0.3, 0.4) is 0 Å². The molecule has 0 aromatic heterocycles. The Hall–Kier alpha value is -1.59. The zero-order chi connectivity index (χ0) is 10.8. The summed E-state index contributed by atoms with van der Waals surface area (Å²) in [5, 5.41) is 3.09. The SMILES string of the molecule is CN1C(=O)Cc2cc(NCNN)ccc21. The van der Waals surface area contributed by atoms with E-state index in [0.717, 1.165) is 16.9 Å². The smallest absolute Gasteiger partial charge is 0.231 e. The van der Waals surface area contributed by atoms with Gasteiger partial charge < -0.3 is 10.2 Å². The number of rotatable bonds is 3. The summed E-state index contributed by atoms with van der Waals surface area (Å²) in [4.78, 5) is 13.1. The largest absolute Gasteiger partial charge is 0.371 e. The maximum Gasteiger partial charge on any atom is 0.231 e. The van der Waals surface area contributed by atoms with E-state index in [1.807, 2.05) is 18.2 Å². The molecule has 1 amide bonds. The Morgan fingerprint density at radius 2 is 2.33 bits per heavy atom. The van der Waals surface area contributed by atoms with Crippen molar-refractivity contribution >= 4 is 17.3 Å². The van der Waals surface area contributed by atoms with Crippen LogP contribution in [0.15, 0.2) is 18.2 Å². The fraction of sp³-hybridized carbons (Fsp3) is 0.300. The van der Waals surface area contributed by atoms with E-state index in [-0.39, 0.29) is 5.91 Å². The molecule has 5 heteroatoms. The van der Waals surface area contributed by atoms with Crippen LogP contribution in [0.25, 0.3) is 0 Å². The van der Waals surface area contributed by atoms with Gasteiger partial charge in [-0.1, -0.05) is 0 Å². The van der Waals surface area contributed by atoms with Gasteiger partial charge in [-0.3, -0.25) is 10.6 Å². The second kappa shape index (κ2) is 3.88. The number of nitrogens with one attached hydrogen (secondary N) is 2. The average Bonchev–Trinajstić information content (AvgIpc) is 2.52. The van der Waals surface area contributed by atoms with E-state index < -0.39 is 0 Å². The molecule has 1 heterocycles. The van der Waals surface area contributed by atoms with E-state index in [9.17, 15) is 4.79 Å². The molecule has 2 rings (SSSR count). The first kappa shape index (κ1) is 9.95. The van der Waals surface area contributed by atoms with Crippen molar-refractivity contribution in [3.8, 4) is 0 Å². The number of carbonyl (C=O) groups is 1. The zero-order valence-corrected chi connectivity index (χ0v) is 8.58. The van der Waals surface area contributed by atoms with Gasteiger partial charge in [0, 0.05) is 18.4 Å². The van der Waals surface area contributed by atoms with Gasteiger partial charge in [0.2, 0.25) is 5.91 Å². The highest BCUT2D eigenvalue weighted by molar-refractivity contribution is 6.01. The molecule has 0 unspecified atom stereocenters. The van der Waals surface area contributed by atoms with Gasteiger partial charge in [0.05, 0.1) is 13.1 Å². The molecule has 0 spiro atoms. The second-order valence-electron chi connectivity index (χ2n) is 3.53. The minimum atomic E-state index is 0.138. The molecule has 15 heavy (non-hydrogen) atoms. The van der Waals surface area contributed by atoms with E-state index in [1.54, 1.807) is 11.9 Å². The number of carbonyl (C=O) groups excluding carboxylic acids is 1. The van der Waals surface area contributed by atoms with Crippen molar-refractivity contribution in [1.82, 2.24) is 5.43 Å². The summed E-state index contributed by atoms with van der Waals surface area (Å²) in [5.74, 6) is 5.30. The van der Waals surface area contributed by atoms with Crippen LogP contribution in [0.1, 0.15) is 5.56 Å². The summed E-state index contributed by atoms with van der Waals surface area (Å²) in [6.45, 7) is 0.503. The Morgan fingerprint density at radius 1 is 1.53 bits per heavy atom. The standard InChI is InChI=1S/C10H14N4O/c1-14-9-3-2-8(12-6-13-11)4-7(9)5-10(14)15/h2-4,12-13H,5-6,11H2,1H3. The molecule has 0 aliphatic carbocycles. The van der Waals surface area contributed by atoms with Crippen molar-refractivity contribution in [3.05, 3.63) is 23.8 Å². The maximum atomic E-state index is 11.4. The highest BCUT2D eigenvalue weighted by Gasteiger charge is 2.23. The first-order valence-corrected chi connectivity index (χ1v) is 4.79. The fourth-order valence-corrected chi connectivity index (χ4v) is 1.73. The summed E-state index contributed by atoms with van der Waals surface area (Å²) in [6.07, 6.45) is 0.484. The number of hydrogen-bond donors (Lipinski definition) is 3. The molecule has 0 bridgehead atoms. The van der Waals surface area contributed by atoms with Gasteiger partial charge in [0.15, 0.2) is 0 Å². The zero-order valence-electron chi connectivity index (χ0n) is 8.58. The van der Waals surface area contributed by atoms with Crippen molar-refractivity contribution in [1.29, 1.82) is 0 Å². The number of hydrazine groups is 1. The average molecular weight is 206 g/mol. The van der Waals surface area contributed by atoms with Crippen molar-refractivity contribution < 1.29 is 4.79 Å². The van der Waals surface area contributed by atoms with Gasteiger partial charge in [-0.05, 0) is 23.8 Å². The lowest BCUT2D eigenvalue weighted by atomic mass is 10.1. The third-order valence-corrected chi connectivity index (χ3v) is 2.55. The van der Waals surface area contributed by atoms with Gasteiger partial charge in [0.1, 0.15) is 0 Å². The highest BCUT2D eigenvalue weighted by atomic mass is 16.2. The van der Waals surface area contributed by atoms with Crippen molar-refractivity contribution in [2.75, 3.05) is 23.9 Å². The number of nitrogens with zero attached hydrogens (tertiary/aromatic N) is 1. The van der Waals surface area contributed by atoms with Crippen molar-refractivity contribution in [2.24, 2.45) is 5.84 Å². The van der Waals surface area contributed by atoms with Crippen LogP contribution in [0, 0.1) is 0 Å². The minimum Gasteiger partial charge on any atom is -0.371 e. The number of amides is 1. The second-order valence-corrected chi connectivity index (χ2v) is 3.53. The summed E-state index contributed by atoms with van der Waals surface area (Å²) >= 11 is 0. The summed E-state index contributed by atoms with van der Waals surface area (Å²) < 4.78 is 0. The minimum absolute atomic E-state index is 0.138. The Labute approximate surface area is 88.2 Å². The van der Waals surface area contributed by atoms with Crippen LogP contribution < -0.4 is 21.5 Å². The number of likely N-dealkylation sites (N-methyl/N-ethyl adjacent to an activating group) is 1. The van der Waals surface area contributed by atoms with Crippen LogP contribution in [-0.2, 0) is 11.2 Å². The molecular formula is C10H14N4O. The summed E-state index contributed by atoms with van der Waals surface area (Å²) in [5.41, 5.74) is 5.53. The number of anilines is 2. The van der Waals surface area contributed by atoms with E-state index in [0.29, 0.717) is 13.1 Å². The Morgan fingerprint density at radius 3 is 3.07 bits per heavy atom. The van der Waals surface area contributed by atoms with Crippen LogP contribution in [0.2, 0.25) is 0 Å². The van der Waals surface area contributed by atoms with Crippen LogP contribution in [0.4, 0.5) is 11.4 Å². The van der Waals surface area contributed by atoms with E-state index in [1.165, 1.54) is 0 Å². The molecule has 0 atom stereocenters. The van der Waals surface area contributed by atoms with E-state index in [4.69, 9.17) is 5.84 Å².